The van der Waals surface area contributed by atoms with Gasteiger partial charge in [0.05, 0.1) is 10.5 Å². The van der Waals surface area contributed by atoms with Crippen molar-refractivity contribution in [1.29, 1.82) is 0 Å². The van der Waals surface area contributed by atoms with Crippen LogP contribution in [0.5, 0.6) is 0 Å². The van der Waals surface area contributed by atoms with Crippen LogP contribution in [0.4, 0.5) is 8.78 Å². The van der Waals surface area contributed by atoms with E-state index in [0.29, 0.717) is 0 Å². The molecule has 2 aromatic rings. The summed E-state index contributed by atoms with van der Waals surface area (Å²) in [6.45, 7) is 0. The van der Waals surface area contributed by atoms with E-state index in [0.717, 1.165) is 12.1 Å². The number of hydrogen-bond acceptors (Lipinski definition) is 2. The molecule has 17 heavy (non-hydrogen) atoms. The van der Waals surface area contributed by atoms with Crippen LogP contribution in [0.15, 0.2) is 33.2 Å². The first-order valence-electron chi connectivity index (χ1n) is 4.64. The van der Waals surface area contributed by atoms with Gasteiger partial charge in [-0.2, -0.15) is 0 Å². The van der Waals surface area contributed by atoms with Gasteiger partial charge in [-0.05, 0) is 51.8 Å². The van der Waals surface area contributed by atoms with Crippen molar-refractivity contribution in [1.82, 2.24) is 0 Å². The molecule has 1 heterocycles. The molecule has 0 saturated carbocycles. The molecular weight excluding hydrogens is 315 g/mol. The SMILES string of the molecule is NC(c1ccc(Cl)o1)c1cc(F)c(Br)cc1F. The first kappa shape index (κ1) is 12.5. The number of hydrogen-bond donors (Lipinski definition) is 1. The van der Waals surface area contributed by atoms with Crippen molar-refractivity contribution in [2.24, 2.45) is 5.73 Å². The first-order valence-corrected chi connectivity index (χ1v) is 5.81. The summed E-state index contributed by atoms with van der Waals surface area (Å²) in [5, 5.41) is 0.147. The van der Waals surface area contributed by atoms with E-state index in [9.17, 15) is 8.78 Å². The quantitative estimate of drug-likeness (QED) is 0.848. The van der Waals surface area contributed by atoms with Crippen molar-refractivity contribution in [3.8, 4) is 0 Å². The zero-order valence-electron chi connectivity index (χ0n) is 8.38. The average Bonchev–Trinajstić information content (AvgIpc) is 2.69. The summed E-state index contributed by atoms with van der Waals surface area (Å²) in [4.78, 5) is 0. The lowest BCUT2D eigenvalue weighted by atomic mass is 10.0. The van der Waals surface area contributed by atoms with Gasteiger partial charge in [0, 0.05) is 5.56 Å². The number of furan rings is 1. The molecular formula is C11H7BrClF2NO. The Morgan fingerprint density at radius 3 is 2.53 bits per heavy atom. The molecule has 2 nitrogen and oxygen atoms in total. The molecule has 0 aliphatic heterocycles. The van der Waals surface area contributed by atoms with Gasteiger partial charge in [-0.25, -0.2) is 8.78 Å². The Hall–Kier alpha value is -0.910. The smallest absolute Gasteiger partial charge is 0.193 e. The van der Waals surface area contributed by atoms with Crippen LogP contribution in [0.25, 0.3) is 0 Å². The lowest BCUT2D eigenvalue weighted by Crippen LogP contribution is -2.13. The highest BCUT2D eigenvalue weighted by Gasteiger charge is 2.19. The van der Waals surface area contributed by atoms with E-state index in [1.54, 1.807) is 0 Å². The molecule has 2 rings (SSSR count). The molecule has 0 amide bonds. The molecule has 90 valence electrons. The van der Waals surface area contributed by atoms with Gasteiger partial charge in [-0.3, -0.25) is 0 Å². The van der Waals surface area contributed by atoms with Gasteiger partial charge in [0.2, 0.25) is 0 Å². The molecule has 1 unspecified atom stereocenters. The Balaban J connectivity index is 2.43. The van der Waals surface area contributed by atoms with Crippen LogP contribution in [0.3, 0.4) is 0 Å². The standard InChI is InChI=1S/C11H7BrClF2NO/c12-6-4-7(14)5(3-8(6)15)11(16)9-1-2-10(13)17-9/h1-4,11H,16H2. The predicted octanol–water partition coefficient (Wildman–Crippen LogP) is 4.02. The summed E-state index contributed by atoms with van der Waals surface area (Å²) in [7, 11) is 0. The van der Waals surface area contributed by atoms with Crippen molar-refractivity contribution < 1.29 is 13.2 Å². The number of benzene rings is 1. The monoisotopic (exact) mass is 321 g/mol. The van der Waals surface area contributed by atoms with E-state index in [1.807, 2.05) is 0 Å². The molecule has 0 bridgehead atoms. The Morgan fingerprint density at radius 2 is 1.94 bits per heavy atom. The second-order valence-electron chi connectivity index (χ2n) is 3.41. The zero-order chi connectivity index (χ0) is 12.6. The van der Waals surface area contributed by atoms with Crippen LogP contribution >= 0.6 is 27.5 Å². The third-order valence-electron chi connectivity index (χ3n) is 2.28. The second-order valence-corrected chi connectivity index (χ2v) is 4.63. The average molecular weight is 323 g/mol. The fourth-order valence-corrected chi connectivity index (χ4v) is 1.89. The zero-order valence-corrected chi connectivity index (χ0v) is 10.7. The van der Waals surface area contributed by atoms with E-state index >= 15 is 0 Å². The minimum Gasteiger partial charge on any atom is -0.448 e. The van der Waals surface area contributed by atoms with Crippen molar-refractivity contribution in [3.05, 3.63) is 56.9 Å². The Bertz CT molecular complexity index is 558. The lowest BCUT2D eigenvalue weighted by molar-refractivity contribution is 0.479. The third kappa shape index (κ3) is 2.51. The molecule has 0 saturated heterocycles. The fourth-order valence-electron chi connectivity index (χ4n) is 1.42. The topological polar surface area (TPSA) is 39.2 Å². The molecule has 2 N–H and O–H groups in total. The van der Waals surface area contributed by atoms with E-state index in [2.05, 4.69) is 15.9 Å². The molecule has 6 heteroatoms. The maximum atomic E-state index is 13.6. The van der Waals surface area contributed by atoms with Crippen LogP contribution in [0.2, 0.25) is 5.22 Å². The molecule has 0 spiro atoms. The normalized spacial score (nSPS) is 12.8. The minimum absolute atomic E-state index is 0.0108. The Morgan fingerprint density at radius 1 is 1.24 bits per heavy atom. The van der Waals surface area contributed by atoms with E-state index < -0.39 is 17.7 Å². The molecule has 0 radical (unpaired) electrons. The summed E-state index contributed by atoms with van der Waals surface area (Å²) in [6.07, 6.45) is 0. The lowest BCUT2D eigenvalue weighted by Gasteiger charge is -2.11. The molecule has 1 atom stereocenters. The van der Waals surface area contributed by atoms with Crippen molar-refractivity contribution >= 4 is 27.5 Å². The van der Waals surface area contributed by atoms with Crippen molar-refractivity contribution in [3.63, 3.8) is 0 Å². The Kier molecular flexibility index (Phi) is 3.51. The summed E-state index contributed by atoms with van der Waals surface area (Å²) in [5.41, 5.74) is 5.79. The van der Waals surface area contributed by atoms with Crippen LogP contribution in [-0.4, -0.2) is 0 Å². The summed E-state index contributed by atoms with van der Waals surface area (Å²) >= 11 is 8.48. The van der Waals surface area contributed by atoms with Gasteiger partial charge in [-0.1, -0.05) is 0 Å². The van der Waals surface area contributed by atoms with E-state index in [1.165, 1.54) is 12.1 Å². The van der Waals surface area contributed by atoms with Crippen molar-refractivity contribution in [2.45, 2.75) is 6.04 Å². The molecule has 0 aliphatic carbocycles. The Labute approximate surface area is 109 Å². The summed E-state index contributed by atoms with van der Waals surface area (Å²) in [5.74, 6) is -0.927. The van der Waals surface area contributed by atoms with Gasteiger partial charge in [0.25, 0.3) is 0 Å². The number of halogens is 4. The van der Waals surface area contributed by atoms with Gasteiger partial charge < -0.3 is 10.2 Å². The highest BCUT2D eigenvalue weighted by Crippen LogP contribution is 2.28. The van der Waals surface area contributed by atoms with Gasteiger partial charge in [0.1, 0.15) is 17.4 Å². The van der Waals surface area contributed by atoms with E-state index in [-0.39, 0.29) is 21.0 Å². The number of nitrogens with two attached hydrogens (primary N) is 1. The fraction of sp³-hybridized carbons (Fsp3) is 0.0909. The maximum Gasteiger partial charge on any atom is 0.193 e. The van der Waals surface area contributed by atoms with E-state index in [4.69, 9.17) is 21.8 Å². The highest BCUT2D eigenvalue weighted by atomic mass is 79.9. The van der Waals surface area contributed by atoms with Crippen LogP contribution in [-0.2, 0) is 0 Å². The molecule has 1 aromatic heterocycles. The summed E-state index contributed by atoms with van der Waals surface area (Å²) in [6, 6.07) is 4.16. The molecule has 1 aromatic carbocycles. The molecule has 0 fully saturated rings. The molecule has 0 aliphatic rings. The van der Waals surface area contributed by atoms with Crippen LogP contribution in [0, 0.1) is 11.6 Å². The third-order valence-corrected chi connectivity index (χ3v) is 3.09. The maximum absolute atomic E-state index is 13.6. The van der Waals surface area contributed by atoms with Crippen molar-refractivity contribution in [2.75, 3.05) is 0 Å². The highest BCUT2D eigenvalue weighted by molar-refractivity contribution is 9.10. The second kappa shape index (κ2) is 4.76. The van der Waals surface area contributed by atoms with Gasteiger partial charge >= 0.3 is 0 Å². The minimum atomic E-state index is -0.898. The summed E-state index contributed by atoms with van der Waals surface area (Å²) < 4.78 is 32.0. The predicted molar refractivity (Wildman–Crippen MR) is 63.8 cm³/mol. The van der Waals surface area contributed by atoms with Gasteiger partial charge in [0.15, 0.2) is 5.22 Å². The van der Waals surface area contributed by atoms with Crippen LogP contribution in [0.1, 0.15) is 17.4 Å². The first-order chi connectivity index (χ1) is 7.99. The largest absolute Gasteiger partial charge is 0.448 e. The number of rotatable bonds is 2. The van der Waals surface area contributed by atoms with Gasteiger partial charge in [-0.15, -0.1) is 0 Å². The van der Waals surface area contributed by atoms with Crippen LogP contribution < -0.4 is 5.73 Å².